The van der Waals surface area contributed by atoms with Gasteiger partial charge in [-0.3, -0.25) is 4.79 Å². The molecule has 1 aliphatic rings. The highest BCUT2D eigenvalue weighted by Gasteiger charge is 2.38. The summed E-state index contributed by atoms with van der Waals surface area (Å²) in [4.78, 5) is 21.9. The van der Waals surface area contributed by atoms with Crippen LogP contribution in [0.2, 0.25) is 0 Å². The van der Waals surface area contributed by atoms with E-state index in [0.29, 0.717) is 18.8 Å². The summed E-state index contributed by atoms with van der Waals surface area (Å²) in [7, 11) is 0. The van der Waals surface area contributed by atoms with E-state index in [1.54, 1.807) is 11.1 Å². The standard InChI is InChI=1S/C19H22F3N3O/c1-13(11-19(20,21)22)18(26)25-10-6-5-9-16(25)17-23-12-15(24-17)14-7-3-2-4-8-14/h2-4,7-8,12-13,16H,5-6,9-11H2,1H3,(H,23,24). The van der Waals surface area contributed by atoms with Gasteiger partial charge < -0.3 is 9.88 Å². The van der Waals surface area contributed by atoms with E-state index < -0.39 is 24.4 Å². The number of likely N-dealkylation sites (tertiary alicyclic amines) is 1. The number of alkyl halides is 3. The van der Waals surface area contributed by atoms with Crippen molar-refractivity contribution in [3.05, 3.63) is 42.4 Å². The Balaban J connectivity index is 1.79. The van der Waals surface area contributed by atoms with Gasteiger partial charge in [-0.1, -0.05) is 37.3 Å². The molecule has 2 aromatic rings. The third-order valence-corrected chi connectivity index (χ3v) is 4.73. The molecule has 4 nitrogen and oxygen atoms in total. The van der Waals surface area contributed by atoms with Crippen molar-refractivity contribution in [2.75, 3.05) is 6.54 Å². The van der Waals surface area contributed by atoms with Gasteiger partial charge in [-0.15, -0.1) is 0 Å². The van der Waals surface area contributed by atoms with Crippen molar-refractivity contribution in [1.29, 1.82) is 0 Å². The first-order valence-electron chi connectivity index (χ1n) is 8.83. The SMILES string of the molecule is CC(CC(F)(F)F)C(=O)N1CCCCC1c1nc(-c2ccccc2)c[nH]1. The summed E-state index contributed by atoms with van der Waals surface area (Å²) in [5, 5.41) is 0. The lowest BCUT2D eigenvalue weighted by molar-refractivity contribution is -0.160. The van der Waals surface area contributed by atoms with E-state index in [1.165, 1.54) is 6.92 Å². The second-order valence-corrected chi connectivity index (χ2v) is 6.80. The van der Waals surface area contributed by atoms with Gasteiger partial charge in [0.2, 0.25) is 5.91 Å². The Labute approximate surface area is 150 Å². The van der Waals surface area contributed by atoms with Gasteiger partial charge >= 0.3 is 6.18 Å². The minimum Gasteiger partial charge on any atom is -0.346 e. The maximum absolute atomic E-state index is 12.7. The molecule has 0 aliphatic carbocycles. The molecule has 0 bridgehead atoms. The predicted octanol–water partition coefficient (Wildman–Crippen LogP) is 4.72. The molecule has 1 N–H and O–H groups in total. The van der Waals surface area contributed by atoms with E-state index in [0.717, 1.165) is 24.1 Å². The third-order valence-electron chi connectivity index (χ3n) is 4.73. The lowest BCUT2D eigenvalue weighted by atomic mass is 9.97. The second kappa shape index (κ2) is 7.51. The second-order valence-electron chi connectivity index (χ2n) is 6.80. The van der Waals surface area contributed by atoms with Crippen molar-refractivity contribution >= 4 is 5.91 Å². The van der Waals surface area contributed by atoms with E-state index >= 15 is 0 Å². The van der Waals surface area contributed by atoms with Gasteiger partial charge in [-0.05, 0) is 19.3 Å². The van der Waals surface area contributed by atoms with Crippen LogP contribution in [-0.4, -0.2) is 33.5 Å². The number of imidazole rings is 1. The van der Waals surface area contributed by atoms with Gasteiger partial charge in [-0.2, -0.15) is 13.2 Å². The molecular formula is C19H22F3N3O. The van der Waals surface area contributed by atoms with Gasteiger partial charge in [0, 0.05) is 24.2 Å². The van der Waals surface area contributed by atoms with Crippen molar-refractivity contribution < 1.29 is 18.0 Å². The van der Waals surface area contributed by atoms with Crippen LogP contribution in [-0.2, 0) is 4.79 Å². The molecule has 2 atom stereocenters. The number of rotatable bonds is 4. The first-order valence-corrected chi connectivity index (χ1v) is 8.83. The van der Waals surface area contributed by atoms with Crippen LogP contribution < -0.4 is 0 Å². The molecular weight excluding hydrogens is 343 g/mol. The molecule has 0 radical (unpaired) electrons. The van der Waals surface area contributed by atoms with Crippen LogP contribution in [0.15, 0.2) is 36.5 Å². The zero-order valence-corrected chi connectivity index (χ0v) is 14.6. The highest BCUT2D eigenvalue weighted by Crippen LogP contribution is 2.33. The first-order chi connectivity index (χ1) is 12.3. The fourth-order valence-corrected chi connectivity index (χ4v) is 3.46. The maximum Gasteiger partial charge on any atom is 0.389 e. The smallest absolute Gasteiger partial charge is 0.346 e. The Morgan fingerprint density at radius 2 is 2.04 bits per heavy atom. The molecule has 0 spiro atoms. The van der Waals surface area contributed by atoms with Crippen LogP contribution in [0.1, 0.15) is 44.5 Å². The van der Waals surface area contributed by atoms with E-state index in [-0.39, 0.29) is 6.04 Å². The molecule has 7 heteroatoms. The number of hydrogen-bond donors (Lipinski definition) is 1. The molecule has 1 saturated heterocycles. The number of piperidine rings is 1. The largest absolute Gasteiger partial charge is 0.389 e. The number of H-pyrrole nitrogens is 1. The zero-order valence-electron chi connectivity index (χ0n) is 14.6. The summed E-state index contributed by atoms with van der Waals surface area (Å²) in [5.41, 5.74) is 1.72. The van der Waals surface area contributed by atoms with Crippen LogP contribution in [0.3, 0.4) is 0 Å². The molecule has 26 heavy (non-hydrogen) atoms. The summed E-state index contributed by atoms with van der Waals surface area (Å²) >= 11 is 0. The molecule has 1 aliphatic heterocycles. The lowest BCUT2D eigenvalue weighted by Crippen LogP contribution is -2.42. The number of carbonyl (C=O) groups is 1. The first kappa shape index (κ1) is 18.5. The number of nitrogens with one attached hydrogen (secondary N) is 1. The number of carbonyl (C=O) groups excluding carboxylic acids is 1. The molecule has 0 saturated carbocycles. The average molecular weight is 365 g/mol. The Bertz CT molecular complexity index is 742. The molecule has 1 aromatic heterocycles. The van der Waals surface area contributed by atoms with Crippen molar-refractivity contribution in [2.24, 2.45) is 5.92 Å². The van der Waals surface area contributed by atoms with Gasteiger partial charge in [-0.25, -0.2) is 4.98 Å². The Hall–Kier alpha value is -2.31. The van der Waals surface area contributed by atoms with Gasteiger partial charge in [0.25, 0.3) is 0 Å². The van der Waals surface area contributed by atoms with Crippen LogP contribution in [0.4, 0.5) is 13.2 Å². The summed E-state index contributed by atoms with van der Waals surface area (Å²) in [6, 6.07) is 9.33. The number of aromatic amines is 1. The van der Waals surface area contributed by atoms with E-state index in [4.69, 9.17) is 0 Å². The molecule has 1 amide bonds. The highest BCUT2D eigenvalue weighted by molar-refractivity contribution is 5.79. The number of nitrogens with zero attached hydrogens (tertiary/aromatic N) is 2. The quantitative estimate of drug-likeness (QED) is 0.852. The van der Waals surface area contributed by atoms with Crippen LogP contribution in [0.5, 0.6) is 0 Å². The number of benzene rings is 1. The molecule has 2 heterocycles. The topological polar surface area (TPSA) is 49.0 Å². The number of aromatic nitrogens is 2. The highest BCUT2D eigenvalue weighted by atomic mass is 19.4. The summed E-state index contributed by atoms with van der Waals surface area (Å²) in [6.07, 6.45) is -1.24. The number of hydrogen-bond acceptors (Lipinski definition) is 2. The van der Waals surface area contributed by atoms with E-state index in [1.807, 2.05) is 30.3 Å². The van der Waals surface area contributed by atoms with Gasteiger partial charge in [0.05, 0.1) is 18.2 Å². The average Bonchev–Trinajstić information content (AvgIpc) is 3.10. The fourth-order valence-electron chi connectivity index (χ4n) is 3.46. The Kier molecular flexibility index (Phi) is 5.34. The fraction of sp³-hybridized carbons (Fsp3) is 0.474. The lowest BCUT2D eigenvalue weighted by Gasteiger charge is -2.36. The van der Waals surface area contributed by atoms with Crippen LogP contribution in [0, 0.1) is 5.92 Å². The summed E-state index contributed by atoms with van der Waals surface area (Å²) in [6.45, 7) is 1.81. The summed E-state index contributed by atoms with van der Waals surface area (Å²) in [5.74, 6) is -0.903. The minimum absolute atomic E-state index is 0.301. The monoisotopic (exact) mass is 365 g/mol. The van der Waals surface area contributed by atoms with Crippen molar-refractivity contribution in [2.45, 2.75) is 44.8 Å². The molecule has 1 aromatic carbocycles. The Morgan fingerprint density at radius 3 is 2.73 bits per heavy atom. The van der Waals surface area contributed by atoms with Crippen molar-refractivity contribution in [3.8, 4) is 11.3 Å². The predicted molar refractivity (Wildman–Crippen MR) is 92.2 cm³/mol. The maximum atomic E-state index is 12.7. The molecule has 2 unspecified atom stereocenters. The zero-order chi connectivity index (χ0) is 18.7. The number of halogens is 3. The molecule has 1 fully saturated rings. The number of amides is 1. The van der Waals surface area contributed by atoms with Crippen molar-refractivity contribution in [1.82, 2.24) is 14.9 Å². The molecule has 3 rings (SSSR count). The molecule has 140 valence electrons. The van der Waals surface area contributed by atoms with E-state index in [2.05, 4.69) is 9.97 Å². The van der Waals surface area contributed by atoms with Crippen molar-refractivity contribution in [3.63, 3.8) is 0 Å². The third kappa shape index (κ3) is 4.26. The van der Waals surface area contributed by atoms with E-state index in [9.17, 15) is 18.0 Å². The Morgan fingerprint density at radius 1 is 1.31 bits per heavy atom. The summed E-state index contributed by atoms with van der Waals surface area (Å²) < 4.78 is 38.0. The minimum atomic E-state index is -4.34. The van der Waals surface area contributed by atoms with Crippen LogP contribution >= 0.6 is 0 Å². The van der Waals surface area contributed by atoms with Gasteiger partial charge in [0.15, 0.2) is 0 Å². The van der Waals surface area contributed by atoms with Crippen LogP contribution in [0.25, 0.3) is 11.3 Å². The normalized spacial score (nSPS) is 19.4. The van der Waals surface area contributed by atoms with Gasteiger partial charge in [0.1, 0.15) is 5.82 Å².